The number of hydrogen-bond acceptors (Lipinski definition) is 6. The van der Waals surface area contributed by atoms with Crippen molar-refractivity contribution in [2.75, 3.05) is 61.6 Å². The Morgan fingerprint density at radius 1 is 0.878 bits per heavy atom. The van der Waals surface area contributed by atoms with Crippen LogP contribution in [0.25, 0.3) is 0 Å². The molecule has 0 saturated carbocycles. The summed E-state index contributed by atoms with van der Waals surface area (Å²) in [6, 6.07) is 20.7. The number of methoxy groups -OCH3 is 1. The van der Waals surface area contributed by atoms with Crippen LogP contribution in [0.1, 0.15) is 54.3 Å². The predicted molar refractivity (Wildman–Crippen MR) is 166 cm³/mol. The molecule has 2 amide bonds. The van der Waals surface area contributed by atoms with Gasteiger partial charge in [0.2, 0.25) is 0 Å². The summed E-state index contributed by atoms with van der Waals surface area (Å²) >= 11 is 0. The van der Waals surface area contributed by atoms with E-state index in [1.807, 2.05) is 42.5 Å². The fraction of sp³-hybridized carbons (Fsp3) is 0.394. The molecule has 1 aliphatic heterocycles. The van der Waals surface area contributed by atoms with Gasteiger partial charge in [0.05, 0.1) is 25.0 Å². The molecule has 0 spiro atoms. The summed E-state index contributed by atoms with van der Waals surface area (Å²) in [7, 11) is 1.69. The standard InChI is InChI=1S/C33H42N4O4/c1-5-6-21-41-27-14-11-25(12-15-27)32(38)35-26-13-16-29(28(22-26)33(39)34-23-24(2)3)36-17-19-37(20-18-36)30-9-7-8-10-31(30)40-4/h7-16,22,24H,5-6,17-21,23H2,1-4H3,(H,34,39)(H,35,38). The molecule has 3 aromatic rings. The van der Waals surface area contributed by atoms with Gasteiger partial charge in [-0.25, -0.2) is 0 Å². The lowest BCUT2D eigenvalue weighted by atomic mass is 10.1. The maximum atomic E-state index is 13.3. The second-order valence-corrected chi connectivity index (χ2v) is 10.7. The smallest absolute Gasteiger partial charge is 0.255 e. The monoisotopic (exact) mass is 558 g/mol. The third-order valence-electron chi connectivity index (χ3n) is 7.10. The Hall–Kier alpha value is -4.20. The van der Waals surface area contributed by atoms with E-state index in [1.165, 1.54) is 0 Å². The van der Waals surface area contributed by atoms with E-state index in [0.717, 1.165) is 61.9 Å². The zero-order valence-electron chi connectivity index (χ0n) is 24.6. The van der Waals surface area contributed by atoms with Crippen molar-refractivity contribution >= 4 is 28.9 Å². The lowest BCUT2D eigenvalue weighted by Gasteiger charge is -2.38. The third-order valence-corrected chi connectivity index (χ3v) is 7.10. The van der Waals surface area contributed by atoms with Crippen LogP contribution in [-0.2, 0) is 0 Å². The number of benzene rings is 3. The second kappa shape index (κ2) is 14.4. The SMILES string of the molecule is CCCCOc1ccc(C(=O)Nc2ccc(N3CCN(c4ccccc4OC)CC3)c(C(=O)NCC(C)C)c2)cc1. The number of carbonyl (C=O) groups is 2. The molecule has 0 radical (unpaired) electrons. The molecule has 0 atom stereocenters. The van der Waals surface area contributed by atoms with Gasteiger partial charge in [-0.05, 0) is 66.9 Å². The summed E-state index contributed by atoms with van der Waals surface area (Å²) in [6.07, 6.45) is 2.05. The van der Waals surface area contributed by atoms with Crippen molar-refractivity contribution in [2.24, 2.45) is 5.92 Å². The Morgan fingerprint density at radius 2 is 1.56 bits per heavy atom. The van der Waals surface area contributed by atoms with Crippen LogP contribution in [-0.4, -0.2) is 58.3 Å². The number of ether oxygens (including phenoxy) is 2. The maximum Gasteiger partial charge on any atom is 0.255 e. The number of anilines is 3. The molecular weight excluding hydrogens is 516 g/mol. The highest BCUT2D eigenvalue weighted by molar-refractivity contribution is 6.06. The third kappa shape index (κ3) is 7.93. The molecule has 0 aliphatic carbocycles. The summed E-state index contributed by atoms with van der Waals surface area (Å²) in [6.45, 7) is 10.6. The molecule has 0 aromatic heterocycles. The van der Waals surface area contributed by atoms with E-state index in [4.69, 9.17) is 9.47 Å². The Labute approximate surface area is 243 Å². The number of rotatable bonds is 12. The Bertz CT molecular complexity index is 1300. The molecule has 8 nitrogen and oxygen atoms in total. The molecule has 3 aromatic carbocycles. The highest BCUT2D eigenvalue weighted by Gasteiger charge is 2.24. The van der Waals surface area contributed by atoms with Gasteiger partial charge in [-0.15, -0.1) is 0 Å². The second-order valence-electron chi connectivity index (χ2n) is 10.7. The number of amides is 2. The van der Waals surface area contributed by atoms with E-state index >= 15 is 0 Å². The molecular formula is C33H42N4O4. The minimum Gasteiger partial charge on any atom is -0.495 e. The summed E-state index contributed by atoms with van der Waals surface area (Å²) in [5, 5.41) is 6.01. The molecule has 0 bridgehead atoms. The van der Waals surface area contributed by atoms with Gasteiger partial charge >= 0.3 is 0 Å². The first kappa shape index (κ1) is 29.8. The summed E-state index contributed by atoms with van der Waals surface area (Å²) in [5.41, 5.74) is 3.58. The number of nitrogens with one attached hydrogen (secondary N) is 2. The van der Waals surface area contributed by atoms with Crippen LogP contribution < -0.4 is 29.9 Å². The molecule has 1 saturated heterocycles. The molecule has 218 valence electrons. The van der Waals surface area contributed by atoms with Crippen molar-refractivity contribution in [3.63, 3.8) is 0 Å². The number of hydrogen-bond donors (Lipinski definition) is 2. The summed E-state index contributed by atoms with van der Waals surface area (Å²) < 4.78 is 11.3. The van der Waals surface area contributed by atoms with E-state index in [-0.39, 0.29) is 11.8 Å². The van der Waals surface area contributed by atoms with Crippen LogP contribution in [0.2, 0.25) is 0 Å². The molecule has 2 N–H and O–H groups in total. The number of unbranched alkanes of at least 4 members (excludes halogenated alkanes) is 1. The van der Waals surface area contributed by atoms with E-state index < -0.39 is 0 Å². The Kier molecular flexibility index (Phi) is 10.5. The van der Waals surface area contributed by atoms with Crippen molar-refractivity contribution in [3.05, 3.63) is 77.9 Å². The fourth-order valence-electron chi connectivity index (χ4n) is 4.78. The Balaban J connectivity index is 1.49. The zero-order chi connectivity index (χ0) is 29.2. The highest BCUT2D eigenvalue weighted by Crippen LogP contribution is 2.31. The summed E-state index contributed by atoms with van der Waals surface area (Å²) in [4.78, 5) is 30.9. The average molecular weight is 559 g/mol. The minimum atomic E-state index is -0.239. The molecule has 4 rings (SSSR count). The van der Waals surface area contributed by atoms with Crippen LogP contribution in [0.15, 0.2) is 66.7 Å². The summed E-state index contributed by atoms with van der Waals surface area (Å²) in [5.74, 6) is 1.54. The van der Waals surface area contributed by atoms with Gasteiger partial charge in [-0.1, -0.05) is 39.3 Å². The van der Waals surface area contributed by atoms with Gasteiger partial charge in [0.25, 0.3) is 11.8 Å². The quantitative estimate of drug-likeness (QED) is 0.272. The maximum absolute atomic E-state index is 13.3. The lowest BCUT2D eigenvalue weighted by Crippen LogP contribution is -2.47. The van der Waals surface area contributed by atoms with Crippen LogP contribution in [0, 0.1) is 5.92 Å². The van der Waals surface area contributed by atoms with E-state index in [9.17, 15) is 9.59 Å². The number of carbonyl (C=O) groups excluding carboxylic acids is 2. The van der Waals surface area contributed by atoms with E-state index in [2.05, 4.69) is 47.3 Å². The van der Waals surface area contributed by atoms with Crippen molar-refractivity contribution in [2.45, 2.75) is 33.6 Å². The van der Waals surface area contributed by atoms with Gasteiger partial charge in [0.15, 0.2) is 0 Å². The number of piperazine rings is 1. The minimum absolute atomic E-state index is 0.148. The predicted octanol–water partition coefficient (Wildman–Crippen LogP) is 5.84. The van der Waals surface area contributed by atoms with Gasteiger partial charge in [0.1, 0.15) is 11.5 Å². The molecule has 1 fully saturated rings. The molecule has 1 heterocycles. The highest BCUT2D eigenvalue weighted by atomic mass is 16.5. The van der Waals surface area contributed by atoms with E-state index in [1.54, 1.807) is 25.3 Å². The van der Waals surface area contributed by atoms with Gasteiger partial charge in [-0.2, -0.15) is 0 Å². The van der Waals surface area contributed by atoms with Crippen molar-refractivity contribution in [1.29, 1.82) is 0 Å². The van der Waals surface area contributed by atoms with Crippen LogP contribution in [0.3, 0.4) is 0 Å². The Morgan fingerprint density at radius 3 is 2.22 bits per heavy atom. The van der Waals surface area contributed by atoms with Gasteiger partial charge in [-0.3, -0.25) is 9.59 Å². The van der Waals surface area contributed by atoms with Crippen LogP contribution in [0.5, 0.6) is 11.5 Å². The van der Waals surface area contributed by atoms with Crippen molar-refractivity contribution in [3.8, 4) is 11.5 Å². The molecule has 8 heteroatoms. The zero-order valence-corrected chi connectivity index (χ0v) is 24.6. The first-order valence-corrected chi connectivity index (χ1v) is 14.5. The topological polar surface area (TPSA) is 83.1 Å². The molecule has 41 heavy (non-hydrogen) atoms. The van der Waals surface area contributed by atoms with Crippen molar-refractivity contribution in [1.82, 2.24) is 5.32 Å². The first-order chi connectivity index (χ1) is 19.9. The largest absolute Gasteiger partial charge is 0.495 e. The number of para-hydroxylation sites is 2. The first-order valence-electron chi connectivity index (χ1n) is 14.5. The lowest BCUT2D eigenvalue weighted by molar-refractivity contribution is 0.0948. The van der Waals surface area contributed by atoms with Gasteiger partial charge < -0.3 is 29.9 Å². The van der Waals surface area contributed by atoms with Crippen LogP contribution >= 0.6 is 0 Å². The number of nitrogens with zero attached hydrogens (tertiary/aromatic N) is 2. The van der Waals surface area contributed by atoms with Crippen LogP contribution in [0.4, 0.5) is 17.1 Å². The average Bonchev–Trinajstić information content (AvgIpc) is 3.00. The molecule has 1 aliphatic rings. The molecule has 0 unspecified atom stereocenters. The normalized spacial score (nSPS) is 13.2. The van der Waals surface area contributed by atoms with E-state index in [0.29, 0.717) is 35.9 Å². The fourth-order valence-corrected chi connectivity index (χ4v) is 4.78. The van der Waals surface area contributed by atoms with Crippen molar-refractivity contribution < 1.29 is 19.1 Å². The van der Waals surface area contributed by atoms with Gasteiger partial charge in [0, 0.05) is 49.7 Å².